The zero-order valence-electron chi connectivity index (χ0n) is 7.45. The van der Waals surface area contributed by atoms with Gasteiger partial charge >= 0.3 is 0 Å². The molecule has 2 heteroatoms. The summed E-state index contributed by atoms with van der Waals surface area (Å²) in [6.07, 6.45) is -1.08. The van der Waals surface area contributed by atoms with Gasteiger partial charge in [-0.15, -0.1) is 6.58 Å². The Balaban J connectivity index is 4.01. The maximum Gasteiger partial charge on any atom is 0.139 e. The highest BCUT2D eigenvalue weighted by molar-refractivity contribution is 4.96. The topological polar surface area (TPSA) is 0 Å². The van der Waals surface area contributed by atoms with Crippen molar-refractivity contribution in [3.05, 3.63) is 12.2 Å². The highest BCUT2D eigenvalue weighted by atomic mass is 19.2. The summed E-state index contributed by atoms with van der Waals surface area (Å²) in [4.78, 5) is 0. The molecule has 0 aromatic carbocycles. The van der Waals surface area contributed by atoms with Crippen LogP contribution in [0.4, 0.5) is 8.78 Å². The number of halogens is 2. The Kier molecular flexibility index (Phi) is 3.70. The minimum Gasteiger partial charge on any atom is -0.244 e. The van der Waals surface area contributed by atoms with Crippen LogP contribution in [0.1, 0.15) is 33.6 Å². The standard InChI is InChI=1S/C9H16F2/c1-5-9(4,11)8(10)6-7(2)3/h8H,2,5-6H2,1,3-4H3. The lowest BCUT2D eigenvalue weighted by atomic mass is 9.95. The van der Waals surface area contributed by atoms with Crippen LogP contribution in [0.5, 0.6) is 0 Å². The molecule has 2 atom stereocenters. The van der Waals surface area contributed by atoms with E-state index in [0.717, 1.165) is 0 Å². The Labute approximate surface area is 67.3 Å². The number of hydrogen-bond donors (Lipinski definition) is 0. The summed E-state index contributed by atoms with van der Waals surface area (Å²) >= 11 is 0. The quantitative estimate of drug-likeness (QED) is 0.555. The van der Waals surface area contributed by atoms with Crippen molar-refractivity contribution in [1.29, 1.82) is 0 Å². The Morgan fingerprint density at radius 3 is 2.36 bits per heavy atom. The van der Waals surface area contributed by atoms with Crippen LogP contribution in [-0.2, 0) is 0 Å². The van der Waals surface area contributed by atoms with Crippen molar-refractivity contribution in [2.75, 3.05) is 0 Å². The molecule has 0 aliphatic carbocycles. The van der Waals surface area contributed by atoms with Crippen LogP contribution in [0.15, 0.2) is 12.2 Å². The normalized spacial score (nSPS) is 19.0. The number of rotatable bonds is 4. The van der Waals surface area contributed by atoms with Crippen LogP contribution in [0.2, 0.25) is 0 Å². The van der Waals surface area contributed by atoms with Gasteiger partial charge in [-0.3, -0.25) is 0 Å². The highest BCUT2D eigenvalue weighted by Crippen LogP contribution is 2.26. The Morgan fingerprint density at radius 1 is 1.64 bits per heavy atom. The molecule has 0 aliphatic heterocycles. The summed E-state index contributed by atoms with van der Waals surface area (Å²) < 4.78 is 26.2. The largest absolute Gasteiger partial charge is 0.244 e. The van der Waals surface area contributed by atoms with E-state index in [0.29, 0.717) is 5.57 Å². The van der Waals surface area contributed by atoms with Crippen molar-refractivity contribution in [1.82, 2.24) is 0 Å². The second-order valence-corrected chi connectivity index (χ2v) is 3.26. The molecule has 0 saturated heterocycles. The first-order valence-electron chi connectivity index (χ1n) is 3.87. The van der Waals surface area contributed by atoms with Crippen LogP contribution >= 0.6 is 0 Å². The van der Waals surface area contributed by atoms with Crippen molar-refractivity contribution in [2.24, 2.45) is 0 Å². The third-order valence-electron chi connectivity index (χ3n) is 1.87. The van der Waals surface area contributed by atoms with Crippen molar-refractivity contribution in [2.45, 2.75) is 45.5 Å². The van der Waals surface area contributed by atoms with Gasteiger partial charge in [0.25, 0.3) is 0 Å². The molecule has 11 heavy (non-hydrogen) atoms. The molecule has 0 saturated carbocycles. The van der Waals surface area contributed by atoms with Gasteiger partial charge < -0.3 is 0 Å². The van der Waals surface area contributed by atoms with Crippen molar-refractivity contribution < 1.29 is 8.78 Å². The summed E-state index contributed by atoms with van der Waals surface area (Å²) in [5.41, 5.74) is -1.01. The molecule has 2 unspecified atom stereocenters. The first kappa shape index (κ1) is 10.6. The van der Waals surface area contributed by atoms with E-state index in [1.807, 2.05) is 0 Å². The van der Waals surface area contributed by atoms with E-state index in [-0.39, 0.29) is 12.8 Å². The van der Waals surface area contributed by atoms with E-state index >= 15 is 0 Å². The molecule has 0 fully saturated rings. The summed E-state index contributed by atoms with van der Waals surface area (Å²) in [5, 5.41) is 0. The molecule has 0 aromatic heterocycles. The third kappa shape index (κ3) is 3.49. The molecule has 0 amide bonds. The fraction of sp³-hybridized carbons (Fsp3) is 0.778. The van der Waals surface area contributed by atoms with Crippen LogP contribution in [0.3, 0.4) is 0 Å². The zero-order valence-corrected chi connectivity index (χ0v) is 7.45. The Hall–Kier alpha value is -0.400. The molecule has 0 heterocycles. The summed E-state index contributed by atoms with van der Waals surface area (Å²) in [5.74, 6) is 0. The third-order valence-corrected chi connectivity index (χ3v) is 1.87. The number of allylic oxidation sites excluding steroid dienone is 1. The maximum atomic E-state index is 13.2. The fourth-order valence-corrected chi connectivity index (χ4v) is 0.740. The SMILES string of the molecule is C=C(C)CC(F)C(C)(F)CC. The van der Waals surface area contributed by atoms with Crippen LogP contribution in [0, 0.1) is 0 Å². The predicted octanol–water partition coefficient (Wildman–Crippen LogP) is 3.43. The van der Waals surface area contributed by atoms with Gasteiger partial charge in [-0.05, 0) is 20.3 Å². The van der Waals surface area contributed by atoms with E-state index in [4.69, 9.17) is 0 Å². The van der Waals surface area contributed by atoms with Crippen LogP contribution < -0.4 is 0 Å². The highest BCUT2D eigenvalue weighted by Gasteiger charge is 2.32. The maximum absolute atomic E-state index is 13.2. The second kappa shape index (κ2) is 3.84. The van der Waals surface area contributed by atoms with Gasteiger partial charge in [-0.1, -0.05) is 12.5 Å². The number of hydrogen-bond acceptors (Lipinski definition) is 0. The average Bonchev–Trinajstić information content (AvgIpc) is 1.86. The van der Waals surface area contributed by atoms with Gasteiger partial charge in [-0.2, -0.15) is 0 Å². The molecule has 0 radical (unpaired) electrons. The van der Waals surface area contributed by atoms with Crippen molar-refractivity contribution in [3.63, 3.8) is 0 Å². The molecule has 0 aromatic rings. The van der Waals surface area contributed by atoms with E-state index in [1.165, 1.54) is 6.92 Å². The molecule has 0 N–H and O–H groups in total. The first-order valence-corrected chi connectivity index (χ1v) is 3.87. The minimum atomic E-state index is -1.70. The fourth-order valence-electron chi connectivity index (χ4n) is 0.740. The molecule has 66 valence electrons. The smallest absolute Gasteiger partial charge is 0.139 e. The van der Waals surface area contributed by atoms with E-state index in [2.05, 4.69) is 6.58 Å². The molecule has 0 bridgehead atoms. The lowest BCUT2D eigenvalue weighted by Gasteiger charge is -2.22. The van der Waals surface area contributed by atoms with Gasteiger partial charge in [-0.25, -0.2) is 8.78 Å². The van der Waals surface area contributed by atoms with Gasteiger partial charge in [0.2, 0.25) is 0 Å². The Morgan fingerprint density at radius 2 is 2.09 bits per heavy atom. The summed E-state index contributed by atoms with van der Waals surface area (Å²) in [6.45, 7) is 8.18. The van der Waals surface area contributed by atoms with E-state index in [9.17, 15) is 8.78 Å². The summed E-state index contributed by atoms with van der Waals surface area (Å²) in [6, 6.07) is 0. The van der Waals surface area contributed by atoms with E-state index < -0.39 is 11.8 Å². The molecular formula is C9H16F2. The predicted molar refractivity (Wildman–Crippen MR) is 44.1 cm³/mol. The van der Waals surface area contributed by atoms with Gasteiger partial charge in [0.15, 0.2) is 0 Å². The first-order chi connectivity index (χ1) is 4.90. The molecular weight excluding hydrogens is 146 g/mol. The lowest BCUT2D eigenvalue weighted by molar-refractivity contribution is 0.0635. The molecule has 0 nitrogen and oxygen atoms in total. The number of alkyl halides is 2. The van der Waals surface area contributed by atoms with Gasteiger partial charge in [0, 0.05) is 6.42 Å². The second-order valence-electron chi connectivity index (χ2n) is 3.26. The van der Waals surface area contributed by atoms with Crippen molar-refractivity contribution >= 4 is 0 Å². The molecule has 0 aliphatic rings. The lowest BCUT2D eigenvalue weighted by Crippen LogP contribution is -2.30. The molecule has 0 rings (SSSR count). The zero-order chi connectivity index (χ0) is 9.07. The van der Waals surface area contributed by atoms with E-state index in [1.54, 1.807) is 13.8 Å². The summed E-state index contributed by atoms with van der Waals surface area (Å²) in [7, 11) is 0. The van der Waals surface area contributed by atoms with Gasteiger partial charge in [0.05, 0.1) is 0 Å². The van der Waals surface area contributed by atoms with Crippen LogP contribution in [-0.4, -0.2) is 11.8 Å². The Bertz CT molecular complexity index is 138. The molecule has 0 spiro atoms. The van der Waals surface area contributed by atoms with Crippen LogP contribution in [0.25, 0.3) is 0 Å². The monoisotopic (exact) mass is 162 g/mol. The van der Waals surface area contributed by atoms with Gasteiger partial charge in [0.1, 0.15) is 11.8 Å². The minimum absolute atomic E-state index is 0.126. The van der Waals surface area contributed by atoms with Crippen molar-refractivity contribution in [3.8, 4) is 0 Å². The average molecular weight is 162 g/mol.